The molecule has 1 saturated heterocycles. The maximum atomic E-state index is 12.5. The van der Waals surface area contributed by atoms with Gasteiger partial charge in [0.25, 0.3) is 0 Å². The molecule has 1 aliphatic heterocycles. The van der Waals surface area contributed by atoms with Crippen LogP contribution in [0.15, 0.2) is 24.5 Å². The Bertz CT molecular complexity index is 1010. The number of aromatic nitrogens is 2. The van der Waals surface area contributed by atoms with Gasteiger partial charge in [-0.2, -0.15) is 0 Å². The summed E-state index contributed by atoms with van der Waals surface area (Å²) in [6.45, 7) is 4.13. The van der Waals surface area contributed by atoms with Crippen molar-refractivity contribution in [3.63, 3.8) is 0 Å². The second-order valence-corrected chi connectivity index (χ2v) is 10.3. The van der Waals surface area contributed by atoms with Gasteiger partial charge in [0.2, 0.25) is 5.91 Å². The van der Waals surface area contributed by atoms with E-state index in [1.807, 2.05) is 25.1 Å². The third-order valence-electron chi connectivity index (χ3n) is 7.93. The van der Waals surface area contributed by atoms with Gasteiger partial charge in [0.1, 0.15) is 17.9 Å². The molecule has 2 N–H and O–H groups in total. The molecule has 1 aromatic carbocycles. The number of carbonyl (C=O) groups excluding carboxylic acids is 2. The van der Waals surface area contributed by atoms with Crippen molar-refractivity contribution >= 4 is 28.4 Å². The number of hydrogen-bond acceptors (Lipinski definition) is 6. The van der Waals surface area contributed by atoms with E-state index in [0.717, 1.165) is 54.7 Å². The fourth-order valence-corrected chi connectivity index (χ4v) is 6.05. The lowest BCUT2D eigenvalue weighted by atomic mass is 9.71. The first kappa shape index (κ1) is 22.3. The topological polar surface area (TPSA) is 87.2 Å². The molecule has 1 amide bonds. The normalized spacial score (nSPS) is 26.7. The number of anilines is 1. The van der Waals surface area contributed by atoms with Crippen LogP contribution in [-0.4, -0.2) is 58.3 Å². The summed E-state index contributed by atoms with van der Waals surface area (Å²) in [6, 6.07) is 6.92. The predicted octanol–water partition coefficient (Wildman–Crippen LogP) is 3.47. The minimum absolute atomic E-state index is 0.00439. The maximum Gasteiger partial charge on any atom is 0.239 e. The summed E-state index contributed by atoms with van der Waals surface area (Å²) in [4.78, 5) is 35.4. The smallest absolute Gasteiger partial charge is 0.239 e. The van der Waals surface area contributed by atoms with Crippen molar-refractivity contribution in [3.8, 4) is 0 Å². The number of benzene rings is 1. The van der Waals surface area contributed by atoms with Crippen LogP contribution >= 0.6 is 0 Å². The zero-order chi connectivity index (χ0) is 22.8. The van der Waals surface area contributed by atoms with Crippen molar-refractivity contribution < 1.29 is 9.59 Å². The van der Waals surface area contributed by atoms with Crippen LogP contribution in [0.1, 0.15) is 56.9 Å². The molecule has 5 rings (SSSR count). The van der Waals surface area contributed by atoms with Gasteiger partial charge in [-0.15, -0.1) is 0 Å². The third-order valence-corrected chi connectivity index (χ3v) is 7.93. The standard InChI is InChI=1S/C26H35N5O2/c1-17-5-10-24-23(11-17)26(29-16-28-24)27-13-25(33)30-20-14-31(15-20)21-8-6-18(7-9-21)19-3-2-4-22(32)12-19/h5,10-11,16,18-21H,2-4,6-9,12-15H2,1H3,(H,30,33)(H,27,28,29). The average Bonchev–Trinajstić information content (AvgIpc) is 2.80. The molecule has 7 heteroatoms. The summed E-state index contributed by atoms with van der Waals surface area (Å²) in [5, 5.41) is 7.28. The number of likely N-dealkylation sites (tertiary alicyclic amines) is 1. The Morgan fingerprint density at radius 1 is 1.09 bits per heavy atom. The van der Waals surface area contributed by atoms with Crippen molar-refractivity contribution in [1.29, 1.82) is 0 Å². The number of nitrogens with zero attached hydrogens (tertiary/aromatic N) is 3. The Labute approximate surface area is 195 Å². The van der Waals surface area contributed by atoms with E-state index in [4.69, 9.17) is 0 Å². The van der Waals surface area contributed by atoms with E-state index in [9.17, 15) is 9.59 Å². The van der Waals surface area contributed by atoms with Crippen LogP contribution in [0.3, 0.4) is 0 Å². The van der Waals surface area contributed by atoms with Gasteiger partial charge in [-0.3, -0.25) is 14.5 Å². The molecule has 1 aromatic heterocycles. The summed E-state index contributed by atoms with van der Waals surface area (Å²) in [6.07, 6.45) is 10.5. The fraction of sp³-hybridized carbons (Fsp3) is 0.615. The zero-order valence-corrected chi connectivity index (χ0v) is 19.6. The second kappa shape index (κ2) is 9.75. The van der Waals surface area contributed by atoms with Crippen molar-refractivity contribution in [2.45, 2.75) is 70.4 Å². The number of Topliss-reactive ketones (excluding diaryl/α,β-unsaturated/α-hetero) is 1. The van der Waals surface area contributed by atoms with Crippen LogP contribution in [0.25, 0.3) is 10.9 Å². The van der Waals surface area contributed by atoms with Crippen LogP contribution in [-0.2, 0) is 9.59 Å². The second-order valence-electron chi connectivity index (χ2n) is 10.3. The number of amides is 1. The highest BCUT2D eigenvalue weighted by molar-refractivity contribution is 5.91. The molecule has 0 bridgehead atoms. The van der Waals surface area contributed by atoms with Crippen LogP contribution in [0.5, 0.6) is 0 Å². The van der Waals surface area contributed by atoms with Gasteiger partial charge in [0.05, 0.1) is 18.1 Å². The molecule has 33 heavy (non-hydrogen) atoms. The molecule has 2 aromatic rings. The van der Waals surface area contributed by atoms with E-state index < -0.39 is 0 Å². The Kier molecular flexibility index (Phi) is 6.58. The third kappa shape index (κ3) is 5.18. The SMILES string of the molecule is Cc1ccc2ncnc(NCC(=O)NC3CN(C4CCC(C5CCCC(=O)C5)CC4)C3)c2c1. The Morgan fingerprint density at radius 2 is 1.91 bits per heavy atom. The monoisotopic (exact) mass is 449 g/mol. The molecule has 2 saturated carbocycles. The Morgan fingerprint density at radius 3 is 2.70 bits per heavy atom. The zero-order valence-electron chi connectivity index (χ0n) is 19.6. The predicted molar refractivity (Wildman–Crippen MR) is 129 cm³/mol. The van der Waals surface area contributed by atoms with Gasteiger partial charge in [-0.1, -0.05) is 11.6 Å². The highest BCUT2D eigenvalue weighted by Gasteiger charge is 2.37. The van der Waals surface area contributed by atoms with Crippen LogP contribution in [0.2, 0.25) is 0 Å². The number of hydrogen-bond donors (Lipinski definition) is 2. The van der Waals surface area contributed by atoms with Gasteiger partial charge in [-0.25, -0.2) is 9.97 Å². The molecule has 2 aliphatic carbocycles. The highest BCUT2D eigenvalue weighted by atomic mass is 16.2. The van der Waals surface area contributed by atoms with Crippen molar-refractivity contribution in [1.82, 2.24) is 20.2 Å². The molecular formula is C26H35N5O2. The molecule has 1 atom stereocenters. The van der Waals surface area contributed by atoms with E-state index >= 15 is 0 Å². The first-order valence-electron chi connectivity index (χ1n) is 12.6. The van der Waals surface area contributed by atoms with Gasteiger partial charge in [-0.05, 0) is 69.4 Å². The molecule has 3 aliphatic rings. The minimum Gasteiger partial charge on any atom is -0.360 e. The summed E-state index contributed by atoms with van der Waals surface area (Å²) in [7, 11) is 0. The van der Waals surface area contributed by atoms with Gasteiger partial charge in [0, 0.05) is 37.4 Å². The minimum atomic E-state index is 0.00439. The molecule has 176 valence electrons. The van der Waals surface area contributed by atoms with Gasteiger partial charge in [0.15, 0.2) is 0 Å². The molecule has 2 heterocycles. The van der Waals surface area contributed by atoms with Crippen molar-refractivity contribution in [2.24, 2.45) is 11.8 Å². The highest BCUT2D eigenvalue weighted by Crippen LogP contribution is 2.39. The van der Waals surface area contributed by atoms with Crippen LogP contribution < -0.4 is 10.6 Å². The number of nitrogens with one attached hydrogen (secondary N) is 2. The van der Waals surface area contributed by atoms with E-state index in [2.05, 4.69) is 25.5 Å². The molecule has 7 nitrogen and oxygen atoms in total. The average molecular weight is 450 g/mol. The van der Waals surface area contributed by atoms with E-state index in [1.165, 1.54) is 38.4 Å². The summed E-state index contributed by atoms with van der Waals surface area (Å²) in [5.41, 5.74) is 2.01. The molecule has 0 spiro atoms. The van der Waals surface area contributed by atoms with E-state index in [0.29, 0.717) is 23.6 Å². The lowest BCUT2D eigenvalue weighted by Gasteiger charge is -2.47. The van der Waals surface area contributed by atoms with Gasteiger partial charge < -0.3 is 10.6 Å². The lowest BCUT2D eigenvalue weighted by molar-refractivity contribution is -0.123. The summed E-state index contributed by atoms with van der Waals surface area (Å²) < 4.78 is 0. The van der Waals surface area contributed by atoms with Gasteiger partial charge >= 0.3 is 0 Å². The molecule has 1 unspecified atom stereocenters. The summed E-state index contributed by atoms with van der Waals surface area (Å²) >= 11 is 0. The van der Waals surface area contributed by atoms with Crippen molar-refractivity contribution in [3.05, 3.63) is 30.1 Å². The molecular weight excluding hydrogens is 414 g/mol. The largest absolute Gasteiger partial charge is 0.360 e. The number of ketones is 1. The Hall–Kier alpha value is -2.54. The number of carbonyl (C=O) groups is 2. The molecule has 0 radical (unpaired) electrons. The Balaban J connectivity index is 1.04. The van der Waals surface area contributed by atoms with E-state index in [-0.39, 0.29) is 18.5 Å². The number of aryl methyl sites for hydroxylation is 1. The van der Waals surface area contributed by atoms with Crippen LogP contribution in [0.4, 0.5) is 5.82 Å². The number of fused-ring (bicyclic) bond motifs is 1. The fourth-order valence-electron chi connectivity index (χ4n) is 6.05. The van der Waals surface area contributed by atoms with Crippen LogP contribution in [0, 0.1) is 18.8 Å². The number of rotatable bonds is 6. The first-order valence-corrected chi connectivity index (χ1v) is 12.6. The maximum absolute atomic E-state index is 12.5. The van der Waals surface area contributed by atoms with E-state index in [1.54, 1.807) is 0 Å². The summed E-state index contributed by atoms with van der Waals surface area (Å²) in [5.74, 6) is 2.57. The molecule has 3 fully saturated rings. The quantitative estimate of drug-likeness (QED) is 0.702. The lowest BCUT2D eigenvalue weighted by Crippen LogP contribution is -2.63. The van der Waals surface area contributed by atoms with Crippen molar-refractivity contribution in [2.75, 3.05) is 25.0 Å². The first-order chi connectivity index (χ1) is 16.0.